The number of aromatic nitrogens is 2. The Morgan fingerprint density at radius 1 is 1.31 bits per heavy atom. The van der Waals surface area contributed by atoms with Crippen molar-refractivity contribution in [3.05, 3.63) is 53.4 Å². The summed E-state index contributed by atoms with van der Waals surface area (Å²) >= 11 is 1.19. The largest absolute Gasteiger partial charge is 0.345 e. The van der Waals surface area contributed by atoms with Gasteiger partial charge in [-0.05, 0) is 25.2 Å². The summed E-state index contributed by atoms with van der Waals surface area (Å²) in [5.74, 6) is -0.867. The molecule has 3 rings (SSSR count). The molecule has 0 aliphatic carbocycles. The molecule has 136 valence electrons. The van der Waals surface area contributed by atoms with Gasteiger partial charge in [-0.15, -0.1) is 11.3 Å². The Morgan fingerprint density at radius 2 is 2.08 bits per heavy atom. The van der Waals surface area contributed by atoms with E-state index in [1.165, 1.54) is 47.3 Å². The van der Waals surface area contributed by atoms with Crippen molar-refractivity contribution in [2.45, 2.75) is 4.90 Å². The van der Waals surface area contributed by atoms with Crippen LogP contribution in [0.3, 0.4) is 0 Å². The van der Waals surface area contributed by atoms with Crippen LogP contribution in [0.4, 0.5) is 9.52 Å². The lowest BCUT2D eigenvalue weighted by atomic mass is 10.2. The van der Waals surface area contributed by atoms with Gasteiger partial charge in [-0.3, -0.25) is 10.1 Å². The summed E-state index contributed by atoms with van der Waals surface area (Å²) in [6, 6.07) is 7.27. The Bertz CT molecular complexity index is 1070. The molecule has 0 saturated heterocycles. The first-order valence-electron chi connectivity index (χ1n) is 7.43. The fourth-order valence-electron chi connectivity index (χ4n) is 2.30. The Labute approximate surface area is 153 Å². The van der Waals surface area contributed by atoms with E-state index in [0.717, 1.165) is 0 Å². The summed E-state index contributed by atoms with van der Waals surface area (Å²) in [4.78, 5) is 16.7. The van der Waals surface area contributed by atoms with E-state index >= 15 is 0 Å². The molecule has 0 bridgehead atoms. The van der Waals surface area contributed by atoms with Crippen molar-refractivity contribution < 1.29 is 17.6 Å². The van der Waals surface area contributed by atoms with Crippen molar-refractivity contribution >= 4 is 32.4 Å². The first-order chi connectivity index (χ1) is 12.3. The number of nitrogens with one attached hydrogen (secondary N) is 2. The van der Waals surface area contributed by atoms with Crippen LogP contribution in [0.15, 0.2) is 46.8 Å². The molecule has 7 nitrogen and oxygen atoms in total. The first-order valence-corrected chi connectivity index (χ1v) is 9.79. The van der Waals surface area contributed by atoms with E-state index in [-0.39, 0.29) is 16.4 Å². The second-order valence-electron chi connectivity index (χ2n) is 5.38. The van der Waals surface area contributed by atoms with Crippen LogP contribution >= 0.6 is 11.3 Å². The zero-order valence-electron chi connectivity index (χ0n) is 13.9. The molecule has 0 saturated carbocycles. The second kappa shape index (κ2) is 6.98. The zero-order valence-corrected chi connectivity index (χ0v) is 15.5. The fraction of sp³-hybridized carbons (Fsp3) is 0.125. The number of benzene rings is 1. The third kappa shape index (κ3) is 3.66. The number of aryl methyl sites for hydroxylation is 1. The van der Waals surface area contributed by atoms with E-state index in [1.807, 2.05) is 0 Å². The summed E-state index contributed by atoms with van der Waals surface area (Å²) in [6.45, 7) is 0. The summed E-state index contributed by atoms with van der Waals surface area (Å²) < 4.78 is 40.6. The zero-order chi connectivity index (χ0) is 18.9. The molecule has 0 atom stereocenters. The van der Waals surface area contributed by atoms with Gasteiger partial charge in [-0.1, -0.05) is 12.1 Å². The van der Waals surface area contributed by atoms with Crippen molar-refractivity contribution in [2.24, 2.45) is 7.05 Å². The van der Waals surface area contributed by atoms with Gasteiger partial charge in [-0.2, -0.15) is 0 Å². The van der Waals surface area contributed by atoms with Gasteiger partial charge in [0.05, 0.1) is 5.69 Å². The quantitative estimate of drug-likeness (QED) is 0.695. The first kappa shape index (κ1) is 18.2. The lowest BCUT2D eigenvalue weighted by molar-refractivity contribution is 0.101. The van der Waals surface area contributed by atoms with Crippen molar-refractivity contribution in [1.82, 2.24) is 14.3 Å². The van der Waals surface area contributed by atoms with E-state index in [9.17, 15) is 17.6 Å². The van der Waals surface area contributed by atoms with Crippen LogP contribution in [0.2, 0.25) is 0 Å². The van der Waals surface area contributed by atoms with Gasteiger partial charge >= 0.3 is 0 Å². The molecule has 0 aliphatic heterocycles. The van der Waals surface area contributed by atoms with Gasteiger partial charge in [0.2, 0.25) is 10.0 Å². The van der Waals surface area contributed by atoms with Gasteiger partial charge in [0.25, 0.3) is 5.91 Å². The SMILES string of the molecule is CNS(=O)(=O)c1cc(C(=O)Nc2nc(-c3cccc(F)c3)cs2)n(C)c1. The molecule has 2 heterocycles. The maximum Gasteiger partial charge on any atom is 0.274 e. The van der Waals surface area contributed by atoms with Crippen LogP contribution in [0, 0.1) is 5.82 Å². The highest BCUT2D eigenvalue weighted by atomic mass is 32.2. The van der Waals surface area contributed by atoms with Gasteiger partial charge in [0, 0.05) is 24.2 Å². The molecule has 0 aliphatic rings. The molecule has 0 radical (unpaired) electrons. The Balaban J connectivity index is 1.81. The highest BCUT2D eigenvalue weighted by Gasteiger charge is 2.20. The fourth-order valence-corrected chi connectivity index (χ4v) is 3.81. The van der Waals surface area contributed by atoms with Gasteiger partial charge < -0.3 is 4.57 Å². The van der Waals surface area contributed by atoms with Crippen LogP contribution in [-0.4, -0.2) is 30.9 Å². The molecule has 2 aromatic heterocycles. The third-order valence-electron chi connectivity index (χ3n) is 3.64. The summed E-state index contributed by atoms with van der Waals surface area (Å²) in [7, 11) is -0.771. The molecule has 1 aromatic carbocycles. The van der Waals surface area contributed by atoms with Crippen LogP contribution in [0.1, 0.15) is 10.5 Å². The normalized spacial score (nSPS) is 11.5. The molecule has 3 aromatic rings. The van der Waals surface area contributed by atoms with E-state index in [1.54, 1.807) is 24.6 Å². The minimum Gasteiger partial charge on any atom is -0.345 e. The average Bonchev–Trinajstić information content (AvgIpc) is 3.22. The third-order valence-corrected chi connectivity index (χ3v) is 5.78. The Morgan fingerprint density at radius 3 is 2.77 bits per heavy atom. The number of halogens is 1. The van der Waals surface area contributed by atoms with Crippen LogP contribution in [0.5, 0.6) is 0 Å². The molecule has 0 spiro atoms. The molecule has 0 unspecified atom stereocenters. The monoisotopic (exact) mass is 394 g/mol. The van der Waals surface area contributed by atoms with Crippen molar-refractivity contribution in [2.75, 3.05) is 12.4 Å². The van der Waals surface area contributed by atoms with Gasteiger partial charge in [-0.25, -0.2) is 22.5 Å². The molecule has 10 heteroatoms. The smallest absolute Gasteiger partial charge is 0.274 e. The predicted octanol–water partition coefficient (Wildman–Crippen LogP) is 2.45. The molecule has 0 fully saturated rings. The number of rotatable bonds is 5. The summed E-state index contributed by atoms with van der Waals surface area (Å²) in [6.07, 6.45) is 1.35. The highest BCUT2D eigenvalue weighted by molar-refractivity contribution is 7.89. The maximum absolute atomic E-state index is 13.3. The lowest BCUT2D eigenvalue weighted by Gasteiger charge is -2.02. The average molecular weight is 394 g/mol. The Hall–Kier alpha value is -2.56. The van der Waals surface area contributed by atoms with Crippen molar-refractivity contribution in [3.8, 4) is 11.3 Å². The number of hydrogen-bond acceptors (Lipinski definition) is 5. The topological polar surface area (TPSA) is 93.1 Å². The van der Waals surface area contributed by atoms with E-state index in [2.05, 4.69) is 15.0 Å². The number of amides is 1. The van der Waals surface area contributed by atoms with E-state index < -0.39 is 15.9 Å². The second-order valence-corrected chi connectivity index (χ2v) is 8.13. The summed E-state index contributed by atoms with van der Waals surface area (Å²) in [5, 5.41) is 4.65. The van der Waals surface area contributed by atoms with Gasteiger partial charge in [0.1, 0.15) is 16.4 Å². The Kier molecular flexibility index (Phi) is 4.90. The number of hydrogen-bond donors (Lipinski definition) is 2. The molecule has 26 heavy (non-hydrogen) atoms. The van der Waals surface area contributed by atoms with Crippen LogP contribution in [-0.2, 0) is 17.1 Å². The highest BCUT2D eigenvalue weighted by Crippen LogP contribution is 2.26. The summed E-state index contributed by atoms with van der Waals surface area (Å²) in [5.41, 5.74) is 1.31. The van der Waals surface area contributed by atoms with Crippen LogP contribution < -0.4 is 10.0 Å². The minimum absolute atomic E-state index is 0.00719. The number of anilines is 1. The van der Waals surface area contributed by atoms with Crippen molar-refractivity contribution in [3.63, 3.8) is 0 Å². The van der Waals surface area contributed by atoms with E-state index in [0.29, 0.717) is 16.4 Å². The molecular weight excluding hydrogens is 379 g/mol. The molecule has 1 amide bonds. The lowest BCUT2D eigenvalue weighted by Crippen LogP contribution is -2.18. The number of thiazole rings is 1. The number of carbonyl (C=O) groups is 1. The molecular formula is C16H15FN4O3S2. The number of nitrogens with zero attached hydrogens (tertiary/aromatic N) is 2. The standard InChI is InChI=1S/C16H15FN4O3S2/c1-18-26(23,24)12-7-14(21(2)8-12)15(22)20-16-19-13(9-25-16)10-4-3-5-11(17)6-10/h3-9,18H,1-2H3,(H,19,20,22). The minimum atomic E-state index is -3.64. The van der Waals surface area contributed by atoms with E-state index in [4.69, 9.17) is 0 Å². The molecule has 2 N–H and O–H groups in total. The van der Waals surface area contributed by atoms with Crippen molar-refractivity contribution in [1.29, 1.82) is 0 Å². The predicted molar refractivity (Wildman–Crippen MR) is 97.1 cm³/mol. The van der Waals surface area contributed by atoms with Gasteiger partial charge in [0.15, 0.2) is 5.13 Å². The number of carbonyl (C=O) groups excluding carboxylic acids is 1. The number of sulfonamides is 1. The maximum atomic E-state index is 13.3. The van der Waals surface area contributed by atoms with Crippen LogP contribution in [0.25, 0.3) is 11.3 Å².